The maximum Gasteiger partial charge on any atom is 0.0731 e. The first kappa shape index (κ1) is 14.8. The van der Waals surface area contributed by atoms with Crippen LogP contribution in [0.5, 0.6) is 0 Å². The fourth-order valence-electron chi connectivity index (χ4n) is 4.05. The maximum atomic E-state index is 5.59. The van der Waals surface area contributed by atoms with Gasteiger partial charge in [0.05, 0.1) is 12.7 Å². The molecule has 0 amide bonds. The summed E-state index contributed by atoms with van der Waals surface area (Å²) in [5, 5.41) is 0. The molecule has 4 fully saturated rings. The van der Waals surface area contributed by atoms with Crippen LogP contribution < -0.4 is 0 Å². The molecular formula is C16H30N2O2. The van der Waals surface area contributed by atoms with E-state index >= 15 is 0 Å². The molecule has 4 heterocycles. The van der Waals surface area contributed by atoms with E-state index in [1.807, 2.05) is 0 Å². The van der Waals surface area contributed by atoms with E-state index in [0.717, 1.165) is 44.1 Å². The number of rotatable bonds is 0. The second kappa shape index (κ2) is 6.73. The molecule has 4 aliphatic rings. The lowest BCUT2D eigenvalue weighted by Crippen LogP contribution is -2.39. The molecule has 0 radical (unpaired) electrons. The van der Waals surface area contributed by atoms with Crippen molar-refractivity contribution >= 4 is 0 Å². The lowest BCUT2D eigenvalue weighted by molar-refractivity contribution is 0.0360. The van der Waals surface area contributed by atoms with Gasteiger partial charge < -0.3 is 19.3 Å². The topological polar surface area (TPSA) is 24.9 Å². The Morgan fingerprint density at radius 2 is 1.50 bits per heavy atom. The third-order valence-electron chi connectivity index (χ3n) is 5.48. The number of hydrogen-bond acceptors (Lipinski definition) is 4. The van der Waals surface area contributed by atoms with Crippen molar-refractivity contribution in [2.45, 2.75) is 25.4 Å². The van der Waals surface area contributed by atoms with E-state index in [9.17, 15) is 0 Å². The summed E-state index contributed by atoms with van der Waals surface area (Å²) in [7, 11) is 4.38. The highest BCUT2D eigenvalue weighted by Crippen LogP contribution is 2.28. The lowest BCUT2D eigenvalue weighted by atomic mass is 9.89. The Morgan fingerprint density at radius 3 is 2.35 bits per heavy atom. The molecule has 4 unspecified atom stereocenters. The van der Waals surface area contributed by atoms with E-state index < -0.39 is 0 Å². The van der Waals surface area contributed by atoms with Gasteiger partial charge in [0, 0.05) is 32.2 Å². The van der Waals surface area contributed by atoms with Crippen molar-refractivity contribution in [2.75, 3.05) is 60.1 Å². The molecule has 0 bridgehead atoms. The minimum absolute atomic E-state index is 0.568. The van der Waals surface area contributed by atoms with Gasteiger partial charge in [-0.25, -0.2) is 0 Å². The summed E-state index contributed by atoms with van der Waals surface area (Å²) in [6.45, 7) is 7.99. The van der Waals surface area contributed by atoms with Crippen LogP contribution in [0, 0.1) is 17.8 Å². The molecule has 0 aliphatic carbocycles. The summed E-state index contributed by atoms with van der Waals surface area (Å²) >= 11 is 0. The standard InChI is InChI=1S/2C8H15NO/c1-9-4-2-7-3-5-10-8(7)6-9;1-9-3-2-7-5-10-6-8(7)4-9/h2*7-8H,2-6H2,1H3. The Labute approximate surface area is 123 Å². The highest BCUT2D eigenvalue weighted by Gasteiger charge is 2.33. The van der Waals surface area contributed by atoms with Gasteiger partial charge in [0.1, 0.15) is 0 Å². The van der Waals surface area contributed by atoms with Gasteiger partial charge in [0.2, 0.25) is 0 Å². The largest absolute Gasteiger partial charge is 0.381 e. The first-order valence-corrected chi connectivity index (χ1v) is 8.29. The minimum Gasteiger partial charge on any atom is -0.381 e. The van der Waals surface area contributed by atoms with Crippen LogP contribution >= 0.6 is 0 Å². The monoisotopic (exact) mass is 282 g/mol. The molecule has 4 rings (SSSR count). The van der Waals surface area contributed by atoms with Gasteiger partial charge in [0.15, 0.2) is 0 Å². The van der Waals surface area contributed by atoms with Crippen LogP contribution in [0.3, 0.4) is 0 Å². The van der Waals surface area contributed by atoms with Crippen molar-refractivity contribution in [3.63, 3.8) is 0 Å². The van der Waals surface area contributed by atoms with Crippen molar-refractivity contribution in [3.8, 4) is 0 Å². The predicted molar refractivity (Wildman–Crippen MR) is 79.9 cm³/mol. The second-order valence-electron chi connectivity index (χ2n) is 7.12. The molecule has 4 saturated heterocycles. The van der Waals surface area contributed by atoms with Crippen LogP contribution in [0.15, 0.2) is 0 Å². The molecule has 0 N–H and O–H groups in total. The van der Waals surface area contributed by atoms with Crippen LogP contribution in [0.1, 0.15) is 19.3 Å². The fourth-order valence-corrected chi connectivity index (χ4v) is 4.05. The van der Waals surface area contributed by atoms with Crippen molar-refractivity contribution in [1.82, 2.24) is 9.80 Å². The summed E-state index contributed by atoms with van der Waals surface area (Å²) < 4.78 is 11.0. The number of ether oxygens (including phenoxy) is 2. The van der Waals surface area contributed by atoms with Gasteiger partial charge in [-0.15, -0.1) is 0 Å². The van der Waals surface area contributed by atoms with Crippen LogP contribution in [-0.4, -0.2) is 76.0 Å². The fraction of sp³-hybridized carbons (Fsp3) is 1.00. The Hall–Kier alpha value is -0.160. The summed E-state index contributed by atoms with van der Waals surface area (Å²) in [6, 6.07) is 0. The van der Waals surface area contributed by atoms with Crippen LogP contribution in [0.4, 0.5) is 0 Å². The first-order chi connectivity index (χ1) is 9.72. The van der Waals surface area contributed by atoms with Gasteiger partial charge in [0.25, 0.3) is 0 Å². The predicted octanol–water partition coefficient (Wildman–Crippen LogP) is 1.31. The summed E-state index contributed by atoms with van der Waals surface area (Å²) in [6.07, 6.45) is 4.57. The number of fused-ring (bicyclic) bond motifs is 2. The van der Waals surface area contributed by atoms with Crippen molar-refractivity contribution < 1.29 is 9.47 Å². The molecule has 4 aliphatic heterocycles. The average Bonchev–Trinajstić information content (AvgIpc) is 3.06. The van der Waals surface area contributed by atoms with E-state index in [1.165, 1.54) is 38.9 Å². The summed E-state index contributed by atoms with van der Waals surface area (Å²) in [5.41, 5.74) is 0. The molecule has 4 nitrogen and oxygen atoms in total. The molecular weight excluding hydrogens is 252 g/mol. The molecule has 0 aromatic carbocycles. The molecule has 0 spiro atoms. The summed E-state index contributed by atoms with van der Waals surface area (Å²) in [5.74, 6) is 2.62. The molecule has 20 heavy (non-hydrogen) atoms. The molecule has 116 valence electrons. The van der Waals surface area contributed by atoms with Gasteiger partial charge >= 0.3 is 0 Å². The maximum absolute atomic E-state index is 5.59. The molecule has 4 atom stereocenters. The Bertz CT molecular complexity index is 283. The quantitative estimate of drug-likeness (QED) is 0.669. The number of hydrogen-bond donors (Lipinski definition) is 0. The van der Waals surface area contributed by atoms with Crippen molar-refractivity contribution in [2.24, 2.45) is 17.8 Å². The number of nitrogens with zero attached hydrogens (tertiary/aromatic N) is 2. The van der Waals surface area contributed by atoms with Crippen LogP contribution in [0.25, 0.3) is 0 Å². The van der Waals surface area contributed by atoms with E-state index in [4.69, 9.17) is 9.47 Å². The number of likely N-dealkylation sites (tertiary alicyclic amines) is 2. The zero-order chi connectivity index (χ0) is 13.9. The third-order valence-corrected chi connectivity index (χ3v) is 5.48. The SMILES string of the molecule is CN1CCC2CCOC2C1.CN1CCC2COCC2C1. The van der Waals surface area contributed by atoms with Crippen molar-refractivity contribution in [3.05, 3.63) is 0 Å². The Morgan fingerprint density at radius 1 is 0.800 bits per heavy atom. The highest BCUT2D eigenvalue weighted by molar-refractivity contribution is 4.83. The van der Waals surface area contributed by atoms with E-state index in [-0.39, 0.29) is 0 Å². The smallest absolute Gasteiger partial charge is 0.0731 e. The number of likely N-dealkylation sites (N-methyl/N-ethyl adjacent to an activating group) is 1. The highest BCUT2D eigenvalue weighted by atomic mass is 16.5. The normalized spacial score (nSPS) is 41.7. The van der Waals surface area contributed by atoms with Crippen LogP contribution in [0.2, 0.25) is 0 Å². The molecule has 0 aromatic heterocycles. The zero-order valence-corrected chi connectivity index (χ0v) is 13.1. The Kier molecular flexibility index (Phi) is 4.97. The molecule has 0 aromatic rings. The van der Waals surface area contributed by atoms with Gasteiger partial charge in [-0.2, -0.15) is 0 Å². The van der Waals surface area contributed by atoms with E-state index in [2.05, 4.69) is 23.9 Å². The number of piperidine rings is 2. The third kappa shape index (κ3) is 3.53. The Balaban J connectivity index is 0.000000121. The molecule has 4 heteroatoms. The average molecular weight is 282 g/mol. The molecule has 0 saturated carbocycles. The summed E-state index contributed by atoms with van der Waals surface area (Å²) in [4.78, 5) is 4.78. The van der Waals surface area contributed by atoms with Gasteiger partial charge in [-0.05, 0) is 58.3 Å². The van der Waals surface area contributed by atoms with Crippen LogP contribution in [-0.2, 0) is 9.47 Å². The van der Waals surface area contributed by atoms with Gasteiger partial charge in [-0.1, -0.05) is 0 Å². The first-order valence-electron chi connectivity index (χ1n) is 8.29. The van der Waals surface area contributed by atoms with E-state index in [0.29, 0.717) is 6.10 Å². The lowest BCUT2D eigenvalue weighted by Gasteiger charge is -2.31. The second-order valence-corrected chi connectivity index (χ2v) is 7.12. The van der Waals surface area contributed by atoms with Gasteiger partial charge in [-0.3, -0.25) is 0 Å². The van der Waals surface area contributed by atoms with E-state index in [1.54, 1.807) is 0 Å². The van der Waals surface area contributed by atoms with Crippen molar-refractivity contribution in [1.29, 1.82) is 0 Å². The zero-order valence-electron chi connectivity index (χ0n) is 13.1. The minimum atomic E-state index is 0.568.